The van der Waals surface area contributed by atoms with Gasteiger partial charge in [-0.05, 0) is 49.3 Å². The molecule has 3 nitrogen and oxygen atoms in total. The van der Waals surface area contributed by atoms with E-state index in [2.05, 4.69) is 38.0 Å². The fourth-order valence-electron chi connectivity index (χ4n) is 2.73. The Hall–Kier alpha value is -1.61. The highest BCUT2D eigenvalue weighted by molar-refractivity contribution is 5.27. The van der Waals surface area contributed by atoms with Crippen molar-refractivity contribution in [1.29, 1.82) is 0 Å². The van der Waals surface area contributed by atoms with Crippen LogP contribution < -0.4 is 0 Å². The molecule has 0 aliphatic heterocycles. The topological polar surface area (TPSA) is 38.0 Å². The van der Waals surface area contributed by atoms with Crippen molar-refractivity contribution in [2.24, 2.45) is 7.05 Å². The summed E-state index contributed by atoms with van der Waals surface area (Å²) < 4.78 is 1.91. The highest BCUT2D eigenvalue weighted by Crippen LogP contribution is 2.23. The zero-order valence-corrected chi connectivity index (χ0v) is 13.7. The smallest absolute Gasteiger partial charge is 0.0793 e. The number of aryl methyl sites for hydroxylation is 2. The van der Waals surface area contributed by atoms with Crippen LogP contribution in [0.5, 0.6) is 0 Å². The largest absolute Gasteiger partial charge is 0.388 e. The van der Waals surface area contributed by atoms with Gasteiger partial charge in [0.2, 0.25) is 0 Å². The molecule has 0 spiro atoms. The summed E-state index contributed by atoms with van der Waals surface area (Å²) in [5.41, 5.74) is 5.83. The van der Waals surface area contributed by atoms with Crippen LogP contribution in [-0.2, 0) is 13.5 Å². The minimum absolute atomic E-state index is 0.412. The summed E-state index contributed by atoms with van der Waals surface area (Å²) in [4.78, 5) is 0. The molecule has 0 aliphatic carbocycles. The Morgan fingerprint density at radius 3 is 2.14 bits per heavy atom. The maximum Gasteiger partial charge on any atom is 0.0793 e. The van der Waals surface area contributed by atoms with Gasteiger partial charge >= 0.3 is 0 Å². The van der Waals surface area contributed by atoms with Crippen LogP contribution in [0, 0.1) is 13.8 Å². The van der Waals surface area contributed by atoms with Crippen molar-refractivity contribution in [3.63, 3.8) is 0 Å². The van der Waals surface area contributed by atoms with E-state index in [9.17, 15) is 5.11 Å². The number of aliphatic hydroxyl groups excluding tert-OH is 1. The summed E-state index contributed by atoms with van der Waals surface area (Å²) in [5.74, 6) is 0.525. The van der Waals surface area contributed by atoms with Crippen molar-refractivity contribution in [2.45, 2.75) is 52.6 Å². The summed E-state index contributed by atoms with van der Waals surface area (Å²) in [6.45, 7) is 8.48. The summed E-state index contributed by atoms with van der Waals surface area (Å²) in [6, 6.07) is 8.32. The van der Waals surface area contributed by atoms with Gasteiger partial charge in [0, 0.05) is 12.7 Å². The van der Waals surface area contributed by atoms with Gasteiger partial charge in [-0.15, -0.1) is 0 Å². The second-order valence-corrected chi connectivity index (χ2v) is 6.15. The Morgan fingerprint density at radius 1 is 1.10 bits per heavy atom. The maximum absolute atomic E-state index is 10.4. The predicted molar refractivity (Wildman–Crippen MR) is 86.5 cm³/mol. The SMILES string of the molecule is Cc1nn(C)c(C)c1CCC(O)c1ccc(C(C)C)cc1. The van der Waals surface area contributed by atoms with Gasteiger partial charge in [0.15, 0.2) is 0 Å². The number of hydrogen-bond donors (Lipinski definition) is 1. The van der Waals surface area contributed by atoms with Gasteiger partial charge in [-0.2, -0.15) is 5.10 Å². The van der Waals surface area contributed by atoms with Crippen molar-refractivity contribution in [2.75, 3.05) is 0 Å². The van der Waals surface area contributed by atoms with E-state index in [1.807, 2.05) is 30.8 Å². The van der Waals surface area contributed by atoms with Crippen molar-refractivity contribution in [1.82, 2.24) is 9.78 Å². The molecule has 2 aromatic rings. The zero-order valence-electron chi connectivity index (χ0n) is 13.7. The minimum atomic E-state index is -0.412. The molecular weight excluding hydrogens is 260 g/mol. The molecule has 1 heterocycles. The van der Waals surface area contributed by atoms with Crippen LogP contribution in [0.3, 0.4) is 0 Å². The van der Waals surface area contributed by atoms with Crippen LogP contribution >= 0.6 is 0 Å². The van der Waals surface area contributed by atoms with Crippen LogP contribution in [0.1, 0.15) is 60.4 Å². The van der Waals surface area contributed by atoms with E-state index in [1.165, 1.54) is 16.8 Å². The van der Waals surface area contributed by atoms with E-state index in [1.54, 1.807) is 0 Å². The van der Waals surface area contributed by atoms with Gasteiger partial charge < -0.3 is 5.11 Å². The third-order valence-electron chi connectivity index (χ3n) is 4.31. The average Bonchev–Trinajstić information content (AvgIpc) is 2.70. The fraction of sp³-hybridized carbons (Fsp3) is 0.500. The quantitative estimate of drug-likeness (QED) is 0.907. The van der Waals surface area contributed by atoms with Crippen LogP contribution in [0.15, 0.2) is 24.3 Å². The van der Waals surface area contributed by atoms with Crippen LogP contribution in [-0.4, -0.2) is 14.9 Å². The van der Waals surface area contributed by atoms with Gasteiger partial charge in [0.05, 0.1) is 11.8 Å². The molecule has 0 saturated carbocycles. The van der Waals surface area contributed by atoms with E-state index in [-0.39, 0.29) is 0 Å². The monoisotopic (exact) mass is 286 g/mol. The Bertz CT molecular complexity index is 596. The summed E-state index contributed by atoms with van der Waals surface area (Å²) in [6.07, 6.45) is 1.18. The molecule has 1 aromatic carbocycles. The Kier molecular flexibility index (Phi) is 4.84. The van der Waals surface area contributed by atoms with Gasteiger partial charge in [-0.3, -0.25) is 4.68 Å². The predicted octanol–water partition coefficient (Wildman–Crippen LogP) is 3.83. The normalized spacial score (nSPS) is 12.9. The van der Waals surface area contributed by atoms with Crippen LogP contribution in [0.4, 0.5) is 0 Å². The number of rotatable bonds is 5. The standard InChI is InChI=1S/C18H26N2O/c1-12(2)15-6-8-16(9-7-15)18(21)11-10-17-13(3)19-20(5)14(17)4/h6-9,12,18,21H,10-11H2,1-5H3. The Morgan fingerprint density at radius 2 is 1.67 bits per heavy atom. The molecular formula is C18H26N2O. The summed E-state index contributed by atoms with van der Waals surface area (Å²) in [5, 5.41) is 14.8. The first kappa shape index (κ1) is 15.8. The maximum atomic E-state index is 10.4. The van der Waals surface area contributed by atoms with Crippen molar-refractivity contribution in [3.05, 3.63) is 52.3 Å². The lowest BCUT2D eigenvalue weighted by Crippen LogP contribution is -2.02. The fourth-order valence-corrected chi connectivity index (χ4v) is 2.73. The van der Waals surface area contributed by atoms with Crippen LogP contribution in [0.25, 0.3) is 0 Å². The van der Waals surface area contributed by atoms with Gasteiger partial charge in [-0.25, -0.2) is 0 Å². The molecule has 1 N–H and O–H groups in total. The molecule has 0 amide bonds. The lowest BCUT2D eigenvalue weighted by atomic mass is 9.97. The molecule has 1 aromatic heterocycles. The lowest BCUT2D eigenvalue weighted by molar-refractivity contribution is 0.167. The highest BCUT2D eigenvalue weighted by Gasteiger charge is 2.13. The molecule has 1 unspecified atom stereocenters. The highest BCUT2D eigenvalue weighted by atomic mass is 16.3. The van der Waals surface area contributed by atoms with E-state index >= 15 is 0 Å². The Balaban J connectivity index is 2.03. The van der Waals surface area contributed by atoms with E-state index < -0.39 is 6.10 Å². The molecule has 3 heteroatoms. The third kappa shape index (κ3) is 3.53. The zero-order chi connectivity index (χ0) is 15.6. The molecule has 2 rings (SSSR count). The van der Waals surface area contributed by atoms with Crippen LogP contribution in [0.2, 0.25) is 0 Å². The number of hydrogen-bond acceptors (Lipinski definition) is 2. The first-order chi connectivity index (χ1) is 9.90. The molecule has 0 aliphatic rings. The van der Waals surface area contributed by atoms with E-state index in [4.69, 9.17) is 0 Å². The molecule has 0 radical (unpaired) electrons. The molecule has 1 atom stereocenters. The molecule has 0 saturated heterocycles. The second kappa shape index (κ2) is 6.44. The Labute approximate surface area is 127 Å². The van der Waals surface area contributed by atoms with E-state index in [0.29, 0.717) is 5.92 Å². The van der Waals surface area contributed by atoms with Gasteiger partial charge in [-0.1, -0.05) is 38.1 Å². The minimum Gasteiger partial charge on any atom is -0.388 e. The summed E-state index contributed by atoms with van der Waals surface area (Å²) >= 11 is 0. The average molecular weight is 286 g/mol. The molecule has 21 heavy (non-hydrogen) atoms. The number of benzene rings is 1. The molecule has 114 valence electrons. The number of aromatic nitrogens is 2. The van der Waals surface area contributed by atoms with Gasteiger partial charge in [0.1, 0.15) is 0 Å². The summed E-state index contributed by atoms with van der Waals surface area (Å²) in [7, 11) is 1.97. The van der Waals surface area contributed by atoms with Crippen molar-refractivity contribution >= 4 is 0 Å². The number of nitrogens with zero attached hydrogens (tertiary/aromatic N) is 2. The number of aliphatic hydroxyl groups is 1. The third-order valence-corrected chi connectivity index (χ3v) is 4.31. The first-order valence-electron chi connectivity index (χ1n) is 7.67. The van der Waals surface area contributed by atoms with E-state index in [0.717, 1.165) is 24.1 Å². The lowest BCUT2D eigenvalue weighted by Gasteiger charge is -2.13. The second-order valence-electron chi connectivity index (χ2n) is 6.15. The molecule has 0 fully saturated rings. The van der Waals surface area contributed by atoms with Crippen molar-refractivity contribution < 1.29 is 5.11 Å². The molecule has 0 bridgehead atoms. The van der Waals surface area contributed by atoms with Gasteiger partial charge in [0.25, 0.3) is 0 Å². The van der Waals surface area contributed by atoms with Crippen molar-refractivity contribution in [3.8, 4) is 0 Å². The first-order valence-corrected chi connectivity index (χ1v) is 7.67.